The molecule has 1 N–H and O–H groups in total. The summed E-state index contributed by atoms with van der Waals surface area (Å²) in [4.78, 5) is 28.9. The number of aryl methyl sites for hydroxylation is 3. The second-order valence-corrected chi connectivity index (χ2v) is 9.58. The van der Waals surface area contributed by atoms with Crippen molar-refractivity contribution < 1.29 is 14.3 Å². The predicted octanol–water partition coefficient (Wildman–Crippen LogP) is 5.55. The van der Waals surface area contributed by atoms with Crippen LogP contribution < -0.4 is 10.1 Å². The van der Waals surface area contributed by atoms with E-state index in [0.717, 1.165) is 34.2 Å². The van der Waals surface area contributed by atoms with Crippen molar-refractivity contribution in [3.8, 4) is 5.75 Å². The number of nitrogens with one attached hydrogen (secondary N) is 1. The van der Waals surface area contributed by atoms with Crippen LogP contribution in [0.2, 0.25) is 0 Å². The molecule has 0 aliphatic carbocycles. The Hall–Kier alpha value is -3.60. The summed E-state index contributed by atoms with van der Waals surface area (Å²) in [6.07, 6.45) is 1.23. The van der Waals surface area contributed by atoms with Gasteiger partial charge in [-0.3, -0.25) is 9.59 Å². The van der Waals surface area contributed by atoms with Crippen LogP contribution in [0.1, 0.15) is 48.1 Å². The van der Waals surface area contributed by atoms with Gasteiger partial charge in [-0.1, -0.05) is 67.6 Å². The molecule has 0 aliphatic rings. The molecule has 0 aliphatic heterocycles. The summed E-state index contributed by atoms with van der Waals surface area (Å²) < 4.78 is 5.94. The van der Waals surface area contributed by atoms with Gasteiger partial charge in [0.2, 0.25) is 5.91 Å². The molecule has 5 nitrogen and oxygen atoms in total. The van der Waals surface area contributed by atoms with Crippen molar-refractivity contribution in [2.45, 2.75) is 66.1 Å². The highest BCUT2D eigenvalue weighted by Crippen LogP contribution is 2.19. The van der Waals surface area contributed by atoms with E-state index in [9.17, 15) is 9.59 Å². The van der Waals surface area contributed by atoms with Crippen molar-refractivity contribution in [3.05, 3.63) is 101 Å². The van der Waals surface area contributed by atoms with E-state index in [-0.39, 0.29) is 24.5 Å². The average Bonchev–Trinajstić information content (AvgIpc) is 2.85. The first kappa shape index (κ1) is 27.0. The number of nitrogens with zero attached hydrogens (tertiary/aromatic N) is 1. The standard InChI is InChI=1S/C31H38N2O3/c1-6-25(5)32-31(35)29(19-26-13-8-7-9-14-26)33(20-27-15-11-10-12-24(27)4)30(34)21-36-28-17-22(2)16-23(3)18-28/h7-18,25,29H,6,19-21H2,1-5H3,(H,32,35)/t25-,29-/m0/s1. The molecule has 0 radical (unpaired) electrons. The summed E-state index contributed by atoms with van der Waals surface area (Å²) in [6.45, 7) is 10.2. The molecule has 3 rings (SSSR count). The minimum atomic E-state index is -0.670. The summed E-state index contributed by atoms with van der Waals surface area (Å²) in [6, 6.07) is 23.1. The zero-order valence-corrected chi connectivity index (χ0v) is 22.1. The topological polar surface area (TPSA) is 58.6 Å². The summed E-state index contributed by atoms with van der Waals surface area (Å²) in [5.41, 5.74) is 5.23. The maximum atomic E-state index is 13.7. The van der Waals surface area contributed by atoms with E-state index < -0.39 is 6.04 Å². The Morgan fingerprint density at radius 2 is 1.56 bits per heavy atom. The maximum Gasteiger partial charge on any atom is 0.261 e. The monoisotopic (exact) mass is 486 g/mol. The lowest BCUT2D eigenvalue weighted by atomic mass is 10.0. The van der Waals surface area contributed by atoms with Crippen LogP contribution in [-0.2, 0) is 22.6 Å². The number of ether oxygens (including phenoxy) is 1. The van der Waals surface area contributed by atoms with Gasteiger partial charge in [0, 0.05) is 19.0 Å². The van der Waals surface area contributed by atoms with Gasteiger partial charge in [-0.15, -0.1) is 0 Å². The highest BCUT2D eigenvalue weighted by atomic mass is 16.5. The molecule has 3 aromatic rings. The van der Waals surface area contributed by atoms with E-state index in [4.69, 9.17) is 4.74 Å². The van der Waals surface area contributed by atoms with Crippen molar-refractivity contribution in [2.24, 2.45) is 0 Å². The molecule has 36 heavy (non-hydrogen) atoms. The number of hydrogen-bond donors (Lipinski definition) is 1. The minimum Gasteiger partial charge on any atom is -0.484 e. The van der Waals surface area contributed by atoms with Crippen molar-refractivity contribution in [1.82, 2.24) is 10.2 Å². The van der Waals surface area contributed by atoms with Crippen molar-refractivity contribution in [2.75, 3.05) is 6.61 Å². The van der Waals surface area contributed by atoms with Crippen LogP contribution in [0, 0.1) is 20.8 Å². The Kier molecular flexibility index (Phi) is 9.69. The quantitative estimate of drug-likeness (QED) is 0.387. The number of carbonyl (C=O) groups excluding carboxylic acids is 2. The van der Waals surface area contributed by atoms with Crippen molar-refractivity contribution in [3.63, 3.8) is 0 Å². The molecular weight excluding hydrogens is 448 g/mol. The number of hydrogen-bond acceptors (Lipinski definition) is 3. The van der Waals surface area contributed by atoms with E-state index in [0.29, 0.717) is 18.7 Å². The van der Waals surface area contributed by atoms with Crippen LogP contribution in [-0.4, -0.2) is 35.4 Å². The normalized spacial score (nSPS) is 12.5. The van der Waals surface area contributed by atoms with Gasteiger partial charge in [0.15, 0.2) is 6.61 Å². The first-order chi connectivity index (χ1) is 17.3. The molecule has 0 aromatic heterocycles. The molecule has 5 heteroatoms. The van der Waals surface area contributed by atoms with E-state index >= 15 is 0 Å². The van der Waals surface area contributed by atoms with Gasteiger partial charge in [0.05, 0.1) is 0 Å². The van der Waals surface area contributed by atoms with Gasteiger partial charge >= 0.3 is 0 Å². The van der Waals surface area contributed by atoms with Gasteiger partial charge in [-0.05, 0) is 74.1 Å². The van der Waals surface area contributed by atoms with Gasteiger partial charge in [0.25, 0.3) is 5.91 Å². The largest absolute Gasteiger partial charge is 0.484 e. The Morgan fingerprint density at radius 3 is 2.19 bits per heavy atom. The van der Waals surface area contributed by atoms with E-state index in [1.807, 2.05) is 101 Å². The van der Waals surface area contributed by atoms with Gasteiger partial charge in [-0.25, -0.2) is 0 Å². The summed E-state index contributed by atoms with van der Waals surface area (Å²) in [5, 5.41) is 3.10. The highest BCUT2D eigenvalue weighted by molar-refractivity contribution is 5.88. The average molecular weight is 487 g/mol. The van der Waals surface area contributed by atoms with Crippen LogP contribution in [0.5, 0.6) is 5.75 Å². The third-order valence-electron chi connectivity index (χ3n) is 6.43. The first-order valence-electron chi connectivity index (χ1n) is 12.7. The lowest BCUT2D eigenvalue weighted by Gasteiger charge is -2.32. The molecule has 0 saturated carbocycles. The fourth-order valence-electron chi connectivity index (χ4n) is 4.21. The molecule has 0 spiro atoms. The smallest absolute Gasteiger partial charge is 0.261 e. The number of rotatable bonds is 11. The second kappa shape index (κ2) is 12.9. The number of carbonyl (C=O) groups is 2. The Labute approximate surface area is 215 Å². The molecule has 0 unspecified atom stereocenters. The molecule has 0 bridgehead atoms. The lowest BCUT2D eigenvalue weighted by molar-refractivity contribution is -0.143. The molecule has 3 aromatic carbocycles. The van der Waals surface area contributed by atoms with Gasteiger partial charge < -0.3 is 15.0 Å². The summed E-state index contributed by atoms with van der Waals surface area (Å²) in [5.74, 6) is 0.277. The Morgan fingerprint density at radius 1 is 0.917 bits per heavy atom. The van der Waals surface area contributed by atoms with Crippen LogP contribution >= 0.6 is 0 Å². The zero-order valence-electron chi connectivity index (χ0n) is 22.1. The van der Waals surface area contributed by atoms with Crippen LogP contribution in [0.3, 0.4) is 0 Å². The Balaban J connectivity index is 1.93. The van der Waals surface area contributed by atoms with E-state index in [1.54, 1.807) is 4.90 Å². The van der Waals surface area contributed by atoms with Crippen LogP contribution in [0.25, 0.3) is 0 Å². The van der Waals surface area contributed by atoms with Crippen molar-refractivity contribution in [1.29, 1.82) is 0 Å². The molecule has 0 heterocycles. The Bertz CT molecular complexity index is 1140. The predicted molar refractivity (Wildman–Crippen MR) is 145 cm³/mol. The van der Waals surface area contributed by atoms with Crippen molar-refractivity contribution >= 4 is 11.8 Å². The third-order valence-corrected chi connectivity index (χ3v) is 6.43. The SMILES string of the molecule is CC[C@H](C)NC(=O)[C@H](Cc1ccccc1)N(Cc1ccccc1C)C(=O)COc1cc(C)cc(C)c1. The molecule has 2 atom stereocenters. The minimum absolute atomic E-state index is 0.0118. The third kappa shape index (κ3) is 7.70. The maximum absolute atomic E-state index is 13.7. The lowest BCUT2D eigenvalue weighted by Crippen LogP contribution is -2.53. The molecule has 0 fully saturated rings. The first-order valence-corrected chi connectivity index (χ1v) is 12.7. The number of benzene rings is 3. The zero-order chi connectivity index (χ0) is 26.1. The number of amides is 2. The van der Waals surface area contributed by atoms with E-state index in [2.05, 4.69) is 11.4 Å². The molecule has 190 valence electrons. The molecular formula is C31H38N2O3. The second-order valence-electron chi connectivity index (χ2n) is 9.58. The fourth-order valence-corrected chi connectivity index (χ4v) is 4.21. The van der Waals surface area contributed by atoms with Crippen LogP contribution in [0.15, 0.2) is 72.8 Å². The fraction of sp³-hybridized carbons (Fsp3) is 0.355. The van der Waals surface area contributed by atoms with Crippen LogP contribution in [0.4, 0.5) is 0 Å². The highest BCUT2D eigenvalue weighted by Gasteiger charge is 2.31. The van der Waals surface area contributed by atoms with Gasteiger partial charge in [-0.2, -0.15) is 0 Å². The molecule has 2 amide bonds. The summed E-state index contributed by atoms with van der Waals surface area (Å²) in [7, 11) is 0. The van der Waals surface area contributed by atoms with Gasteiger partial charge in [0.1, 0.15) is 11.8 Å². The van der Waals surface area contributed by atoms with E-state index in [1.165, 1.54) is 0 Å². The molecule has 0 saturated heterocycles. The summed E-state index contributed by atoms with van der Waals surface area (Å²) >= 11 is 0.